The summed E-state index contributed by atoms with van der Waals surface area (Å²) in [5.41, 5.74) is 1.50. The minimum atomic E-state index is 0. The molecule has 1 atom stereocenters. The summed E-state index contributed by atoms with van der Waals surface area (Å²) in [6.07, 6.45) is 3.85. The molecule has 0 bridgehead atoms. The summed E-state index contributed by atoms with van der Waals surface area (Å²) in [5.74, 6) is 1.86. The average Bonchev–Trinajstić information content (AvgIpc) is 3.32. The molecule has 3 rings (SSSR count). The van der Waals surface area contributed by atoms with Crippen molar-refractivity contribution >= 4 is 41.3 Å². The Hall–Kier alpha value is -1.20. The van der Waals surface area contributed by atoms with Gasteiger partial charge in [0.25, 0.3) is 0 Å². The number of aromatic nitrogens is 3. The first-order chi connectivity index (χ1) is 12.7. The fourth-order valence-corrected chi connectivity index (χ4v) is 4.16. The summed E-state index contributed by atoms with van der Waals surface area (Å²) in [5, 5.41) is 17.1. The predicted molar refractivity (Wildman–Crippen MR) is 122 cm³/mol. The molecule has 0 saturated heterocycles. The minimum absolute atomic E-state index is 0. The number of aliphatic imine (C=N–C) groups is 1. The van der Waals surface area contributed by atoms with Crippen molar-refractivity contribution in [1.29, 1.82) is 0 Å². The molecule has 150 valence electrons. The molecule has 0 aliphatic carbocycles. The molecular formula is C18H30IN7S. The van der Waals surface area contributed by atoms with Crippen LogP contribution >= 0.6 is 35.3 Å². The Balaban J connectivity index is 0.00000261. The Labute approximate surface area is 182 Å². The molecule has 1 aliphatic heterocycles. The van der Waals surface area contributed by atoms with E-state index in [1.807, 2.05) is 18.4 Å². The largest absolute Gasteiger partial charge is 0.355 e. The average molecular weight is 503 g/mol. The molecular weight excluding hydrogens is 473 g/mol. The van der Waals surface area contributed by atoms with E-state index in [-0.39, 0.29) is 24.0 Å². The highest BCUT2D eigenvalue weighted by atomic mass is 127. The molecule has 1 aliphatic rings. The molecule has 0 amide bonds. The molecule has 2 N–H and O–H groups in total. The van der Waals surface area contributed by atoms with Gasteiger partial charge in [-0.1, -0.05) is 6.92 Å². The van der Waals surface area contributed by atoms with E-state index in [1.165, 1.54) is 12.0 Å². The van der Waals surface area contributed by atoms with E-state index in [0.29, 0.717) is 6.04 Å². The van der Waals surface area contributed by atoms with E-state index in [2.05, 4.69) is 60.6 Å². The number of hydrogen-bond acceptors (Lipinski definition) is 5. The van der Waals surface area contributed by atoms with Crippen LogP contribution in [0.1, 0.15) is 30.1 Å². The van der Waals surface area contributed by atoms with Crippen molar-refractivity contribution in [3.63, 3.8) is 0 Å². The molecule has 1 unspecified atom stereocenters. The van der Waals surface area contributed by atoms with Gasteiger partial charge in [0.05, 0.1) is 0 Å². The topological polar surface area (TPSA) is 70.4 Å². The summed E-state index contributed by atoms with van der Waals surface area (Å²) >= 11 is 1.89. The summed E-state index contributed by atoms with van der Waals surface area (Å²) in [6.45, 7) is 9.07. The van der Waals surface area contributed by atoms with E-state index in [0.717, 1.165) is 50.9 Å². The van der Waals surface area contributed by atoms with Gasteiger partial charge in [0.2, 0.25) is 0 Å². The Bertz CT molecular complexity index is 727. The molecule has 9 heteroatoms. The lowest BCUT2D eigenvalue weighted by atomic mass is 10.1. The van der Waals surface area contributed by atoms with Crippen LogP contribution in [-0.4, -0.2) is 58.3 Å². The molecule has 0 saturated carbocycles. The molecule has 0 radical (unpaired) electrons. The van der Waals surface area contributed by atoms with E-state index in [1.54, 1.807) is 11.2 Å². The van der Waals surface area contributed by atoms with E-state index >= 15 is 0 Å². The molecule has 0 fully saturated rings. The number of nitrogens with zero attached hydrogens (tertiary/aromatic N) is 5. The lowest BCUT2D eigenvalue weighted by Crippen LogP contribution is -2.47. The number of fused-ring (bicyclic) bond motifs is 1. The van der Waals surface area contributed by atoms with E-state index in [4.69, 9.17) is 0 Å². The molecule has 2 aromatic rings. The van der Waals surface area contributed by atoms with Crippen molar-refractivity contribution in [2.45, 2.75) is 45.8 Å². The third kappa shape index (κ3) is 5.89. The minimum Gasteiger partial charge on any atom is -0.355 e. The molecule has 0 spiro atoms. The van der Waals surface area contributed by atoms with E-state index < -0.39 is 0 Å². The van der Waals surface area contributed by atoms with Crippen molar-refractivity contribution in [3.8, 4) is 0 Å². The SMILES string of the molecule is CCc1nncn1CCNC(=NC)NCC(C)N1CCc2sccc2C1.I. The van der Waals surface area contributed by atoms with Crippen LogP contribution in [0.15, 0.2) is 22.8 Å². The van der Waals surface area contributed by atoms with Crippen LogP contribution in [0.2, 0.25) is 0 Å². The fourth-order valence-electron chi connectivity index (χ4n) is 3.27. The summed E-state index contributed by atoms with van der Waals surface area (Å²) in [7, 11) is 1.81. The maximum absolute atomic E-state index is 4.33. The second-order valence-electron chi connectivity index (χ2n) is 6.61. The first-order valence-corrected chi connectivity index (χ1v) is 10.2. The predicted octanol–water partition coefficient (Wildman–Crippen LogP) is 2.13. The van der Waals surface area contributed by atoms with Gasteiger partial charge >= 0.3 is 0 Å². The number of aryl methyl sites for hydroxylation is 1. The van der Waals surface area contributed by atoms with E-state index in [9.17, 15) is 0 Å². The van der Waals surface area contributed by atoms with Crippen molar-refractivity contribution in [2.24, 2.45) is 4.99 Å². The highest BCUT2D eigenvalue weighted by Crippen LogP contribution is 2.24. The molecule has 3 heterocycles. The lowest BCUT2D eigenvalue weighted by molar-refractivity contribution is 0.192. The standard InChI is InChI=1S/C18H29N7S.HI/c1-4-17-23-22-13-25(17)9-7-20-18(19-3)21-11-14(2)24-8-5-16-15(12-24)6-10-26-16;/h6,10,13-14H,4-5,7-9,11-12H2,1-3H3,(H2,19,20,21);1H. The summed E-state index contributed by atoms with van der Waals surface area (Å²) in [6, 6.07) is 2.73. The third-order valence-corrected chi connectivity index (χ3v) is 5.93. The summed E-state index contributed by atoms with van der Waals surface area (Å²) < 4.78 is 2.08. The first-order valence-electron chi connectivity index (χ1n) is 9.31. The lowest BCUT2D eigenvalue weighted by Gasteiger charge is -2.32. The first kappa shape index (κ1) is 22.1. The Morgan fingerprint density at radius 1 is 1.41 bits per heavy atom. The number of halogens is 1. The van der Waals surface area contributed by atoms with Gasteiger partial charge in [-0.2, -0.15) is 0 Å². The van der Waals surface area contributed by atoms with Crippen LogP contribution in [0, 0.1) is 0 Å². The van der Waals surface area contributed by atoms with Crippen LogP contribution < -0.4 is 10.6 Å². The van der Waals surface area contributed by atoms with Crippen LogP contribution in [0.3, 0.4) is 0 Å². The second-order valence-corrected chi connectivity index (χ2v) is 7.61. The van der Waals surface area contributed by atoms with Gasteiger partial charge in [0.15, 0.2) is 5.96 Å². The van der Waals surface area contributed by atoms with Gasteiger partial charge < -0.3 is 15.2 Å². The van der Waals surface area contributed by atoms with Gasteiger partial charge in [-0.05, 0) is 30.4 Å². The normalized spacial score (nSPS) is 15.7. The zero-order valence-electron chi connectivity index (χ0n) is 16.3. The van der Waals surface area contributed by atoms with Crippen molar-refractivity contribution in [2.75, 3.05) is 26.7 Å². The molecule has 2 aromatic heterocycles. The van der Waals surface area contributed by atoms with Gasteiger partial charge in [-0.3, -0.25) is 9.89 Å². The van der Waals surface area contributed by atoms with Gasteiger partial charge in [0, 0.05) is 57.1 Å². The maximum atomic E-state index is 4.33. The second kappa shape index (κ2) is 11.0. The fraction of sp³-hybridized carbons (Fsp3) is 0.611. The van der Waals surface area contributed by atoms with Crippen LogP contribution in [0.4, 0.5) is 0 Å². The van der Waals surface area contributed by atoms with Crippen molar-refractivity contribution in [3.05, 3.63) is 34.0 Å². The van der Waals surface area contributed by atoms with Crippen molar-refractivity contribution < 1.29 is 0 Å². The monoisotopic (exact) mass is 503 g/mol. The molecule has 7 nitrogen and oxygen atoms in total. The van der Waals surface area contributed by atoms with Gasteiger partial charge in [-0.25, -0.2) is 0 Å². The number of nitrogens with one attached hydrogen (secondary N) is 2. The van der Waals surface area contributed by atoms with Crippen molar-refractivity contribution in [1.82, 2.24) is 30.3 Å². The zero-order valence-corrected chi connectivity index (χ0v) is 19.5. The van der Waals surface area contributed by atoms with Crippen LogP contribution in [-0.2, 0) is 25.9 Å². The highest BCUT2D eigenvalue weighted by molar-refractivity contribution is 14.0. The zero-order chi connectivity index (χ0) is 18.4. The summed E-state index contributed by atoms with van der Waals surface area (Å²) in [4.78, 5) is 8.43. The number of guanidine groups is 1. The van der Waals surface area contributed by atoms with Crippen LogP contribution in [0.25, 0.3) is 0 Å². The quantitative estimate of drug-likeness (QED) is 0.344. The number of hydrogen-bond donors (Lipinski definition) is 2. The smallest absolute Gasteiger partial charge is 0.191 e. The Morgan fingerprint density at radius 2 is 2.26 bits per heavy atom. The molecule has 0 aromatic carbocycles. The van der Waals surface area contributed by atoms with Gasteiger partial charge in [-0.15, -0.1) is 45.5 Å². The Kier molecular flexibility index (Phi) is 8.97. The van der Waals surface area contributed by atoms with Gasteiger partial charge in [0.1, 0.15) is 12.2 Å². The van der Waals surface area contributed by atoms with Crippen LogP contribution in [0.5, 0.6) is 0 Å². The Morgan fingerprint density at radius 3 is 3.04 bits per heavy atom. The number of rotatable bonds is 7. The third-order valence-electron chi connectivity index (χ3n) is 4.91. The molecule has 27 heavy (non-hydrogen) atoms. The number of thiophene rings is 1. The maximum Gasteiger partial charge on any atom is 0.191 e. The highest BCUT2D eigenvalue weighted by Gasteiger charge is 2.21.